The third-order valence-electron chi connectivity index (χ3n) is 5.56. The molecule has 1 fully saturated rings. The van der Waals surface area contributed by atoms with Gasteiger partial charge in [-0.25, -0.2) is 0 Å². The van der Waals surface area contributed by atoms with E-state index in [1.165, 1.54) is 7.11 Å². The van der Waals surface area contributed by atoms with Gasteiger partial charge >= 0.3 is 0 Å². The van der Waals surface area contributed by atoms with Crippen LogP contribution < -0.4 is 15.0 Å². The maximum Gasteiger partial charge on any atom is 0.255 e. The average molecular weight is 484 g/mol. The Balaban J connectivity index is 1.33. The minimum Gasteiger partial charge on any atom is -0.495 e. The summed E-state index contributed by atoms with van der Waals surface area (Å²) in [6.07, 6.45) is 0. The van der Waals surface area contributed by atoms with E-state index in [4.69, 9.17) is 27.9 Å². The Kier molecular flexibility index (Phi) is 7.06. The summed E-state index contributed by atoms with van der Waals surface area (Å²) in [7, 11) is 1.53. The van der Waals surface area contributed by atoms with Crippen molar-refractivity contribution in [3.05, 3.63) is 87.9 Å². The van der Waals surface area contributed by atoms with E-state index in [9.17, 15) is 9.59 Å². The molecule has 33 heavy (non-hydrogen) atoms. The van der Waals surface area contributed by atoms with Gasteiger partial charge < -0.3 is 19.9 Å². The number of methoxy groups -OCH3 is 1. The molecule has 0 radical (unpaired) electrons. The van der Waals surface area contributed by atoms with Crippen LogP contribution in [0.25, 0.3) is 0 Å². The fourth-order valence-electron chi connectivity index (χ4n) is 3.71. The van der Waals surface area contributed by atoms with E-state index in [0.717, 1.165) is 18.8 Å². The summed E-state index contributed by atoms with van der Waals surface area (Å²) in [5.41, 5.74) is 2.82. The summed E-state index contributed by atoms with van der Waals surface area (Å²) in [6, 6.07) is 19.5. The second kappa shape index (κ2) is 10.1. The van der Waals surface area contributed by atoms with Crippen LogP contribution in [0.5, 0.6) is 5.75 Å². The van der Waals surface area contributed by atoms with Crippen LogP contribution in [0.2, 0.25) is 10.0 Å². The smallest absolute Gasteiger partial charge is 0.255 e. The minimum absolute atomic E-state index is 0.0167. The number of benzene rings is 3. The lowest BCUT2D eigenvalue weighted by molar-refractivity contribution is 0.0746. The predicted octanol–water partition coefficient (Wildman–Crippen LogP) is 5.22. The highest BCUT2D eigenvalue weighted by Gasteiger charge is 2.22. The molecule has 0 aromatic heterocycles. The number of carbonyl (C=O) groups excluding carboxylic acids is 2. The van der Waals surface area contributed by atoms with Gasteiger partial charge in [-0.1, -0.05) is 23.2 Å². The highest BCUT2D eigenvalue weighted by atomic mass is 35.5. The van der Waals surface area contributed by atoms with Crippen LogP contribution in [0.3, 0.4) is 0 Å². The zero-order valence-corrected chi connectivity index (χ0v) is 19.6. The summed E-state index contributed by atoms with van der Waals surface area (Å²) >= 11 is 12.0. The summed E-state index contributed by atoms with van der Waals surface area (Å²) in [5.74, 6) is 0.289. The largest absolute Gasteiger partial charge is 0.495 e. The summed E-state index contributed by atoms with van der Waals surface area (Å²) < 4.78 is 5.12. The van der Waals surface area contributed by atoms with Gasteiger partial charge in [0.1, 0.15) is 5.75 Å². The van der Waals surface area contributed by atoms with Crippen LogP contribution >= 0.6 is 23.2 Å². The molecule has 170 valence electrons. The van der Waals surface area contributed by atoms with E-state index in [0.29, 0.717) is 45.7 Å². The van der Waals surface area contributed by atoms with Gasteiger partial charge in [-0.15, -0.1) is 0 Å². The molecule has 4 rings (SSSR count). The molecule has 0 spiro atoms. The molecular formula is C25H23Cl2N3O3. The van der Waals surface area contributed by atoms with Crippen molar-refractivity contribution in [1.29, 1.82) is 0 Å². The number of amides is 2. The van der Waals surface area contributed by atoms with Crippen LogP contribution in [0.15, 0.2) is 66.7 Å². The highest BCUT2D eigenvalue weighted by Crippen LogP contribution is 2.26. The molecule has 2 amide bonds. The van der Waals surface area contributed by atoms with Crippen LogP contribution in [0.4, 0.5) is 11.4 Å². The number of rotatable bonds is 5. The lowest BCUT2D eigenvalue weighted by atomic mass is 10.1. The molecule has 3 aromatic carbocycles. The quantitative estimate of drug-likeness (QED) is 0.540. The van der Waals surface area contributed by atoms with E-state index in [1.54, 1.807) is 42.5 Å². The van der Waals surface area contributed by atoms with Gasteiger partial charge in [0.05, 0.1) is 12.1 Å². The molecule has 1 aliphatic heterocycles. The number of ether oxygens (including phenoxy) is 1. The molecule has 6 nitrogen and oxygen atoms in total. The Morgan fingerprint density at radius 2 is 1.48 bits per heavy atom. The van der Waals surface area contributed by atoms with Crippen LogP contribution in [0, 0.1) is 0 Å². The van der Waals surface area contributed by atoms with Crippen molar-refractivity contribution in [2.75, 3.05) is 43.5 Å². The Morgan fingerprint density at radius 1 is 0.848 bits per heavy atom. The maximum absolute atomic E-state index is 12.7. The number of anilines is 2. The van der Waals surface area contributed by atoms with Crippen molar-refractivity contribution >= 4 is 46.4 Å². The summed E-state index contributed by atoms with van der Waals surface area (Å²) in [6.45, 7) is 2.74. The molecule has 1 N–H and O–H groups in total. The van der Waals surface area contributed by atoms with Crippen LogP contribution in [-0.4, -0.2) is 50.0 Å². The van der Waals surface area contributed by atoms with Crippen molar-refractivity contribution in [3.8, 4) is 5.75 Å². The van der Waals surface area contributed by atoms with Gasteiger partial charge in [-0.2, -0.15) is 0 Å². The predicted molar refractivity (Wildman–Crippen MR) is 132 cm³/mol. The van der Waals surface area contributed by atoms with E-state index in [-0.39, 0.29) is 11.8 Å². The van der Waals surface area contributed by atoms with Crippen LogP contribution in [-0.2, 0) is 0 Å². The summed E-state index contributed by atoms with van der Waals surface area (Å²) in [5, 5.41) is 3.88. The van der Waals surface area contributed by atoms with Crippen molar-refractivity contribution < 1.29 is 14.3 Å². The number of hydrogen-bond donors (Lipinski definition) is 1. The van der Waals surface area contributed by atoms with Crippen molar-refractivity contribution in [2.24, 2.45) is 0 Å². The minimum atomic E-state index is -0.248. The van der Waals surface area contributed by atoms with E-state index < -0.39 is 0 Å². The maximum atomic E-state index is 12.7. The lowest BCUT2D eigenvalue weighted by Crippen LogP contribution is -2.48. The van der Waals surface area contributed by atoms with Crippen molar-refractivity contribution in [2.45, 2.75) is 0 Å². The molecule has 0 saturated carbocycles. The standard InChI is InChI=1S/C25H23Cl2N3O3/c1-33-23-11-4-18(16-22(23)27)24(31)28-20-7-9-21(10-8-20)29-12-14-30(15-13-29)25(32)17-2-5-19(26)6-3-17/h2-11,16H,12-15H2,1H3,(H,28,31). The number of nitrogens with one attached hydrogen (secondary N) is 1. The molecule has 3 aromatic rings. The van der Waals surface area contributed by atoms with Gasteiger partial charge in [0.15, 0.2) is 0 Å². The Bertz CT molecular complexity index is 1140. The fourth-order valence-corrected chi connectivity index (χ4v) is 4.09. The molecule has 0 bridgehead atoms. The molecule has 1 saturated heterocycles. The molecule has 0 unspecified atom stereocenters. The molecule has 8 heteroatoms. The second-order valence-electron chi connectivity index (χ2n) is 7.64. The number of halogens is 2. The molecule has 0 aliphatic carbocycles. The number of carbonyl (C=O) groups is 2. The first-order valence-corrected chi connectivity index (χ1v) is 11.2. The van der Waals surface area contributed by atoms with Gasteiger partial charge in [0.2, 0.25) is 0 Å². The second-order valence-corrected chi connectivity index (χ2v) is 8.48. The van der Waals surface area contributed by atoms with E-state index in [1.807, 2.05) is 29.2 Å². The number of hydrogen-bond acceptors (Lipinski definition) is 4. The fraction of sp³-hybridized carbons (Fsp3) is 0.200. The van der Waals surface area contributed by atoms with Gasteiger partial charge in [-0.05, 0) is 66.7 Å². The van der Waals surface area contributed by atoms with E-state index >= 15 is 0 Å². The normalized spacial score (nSPS) is 13.5. The van der Waals surface area contributed by atoms with Crippen molar-refractivity contribution in [1.82, 2.24) is 4.90 Å². The number of piperazine rings is 1. The molecule has 1 heterocycles. The molecular weight excluding hydrogens is 461 g/mol. The average Bonchev–Trinajstić information content (AvgIpc) is 2.84. The third kappa shape index (κ3) is 5.41. The summed E-state index contributed by atoms with van der Waals surface area (Å²) in [4.78, 5) is 29.3. The van der Waals surface area contributed by atoms with Gasteiger partial charge in [0, 0.05) is 53.7 Å². The number of nitrogens with zero attached hydrogens (tertiary/aromatic N) is 2. The van der Waals surface area contributed by atoms with E-state index in [2.05, 4.69) is 10.2 Å². The zero-order valence-electron chi connectivity index (χ0n) is 18.1. The molecule has 0 atom stereocenters. The van der Waals surface area contributed by atoms with Gasteiger partial charge in [0.25, 0.3) is 11.8 Å². The third-order valence-corrected chi connectivity index (χ3v) is 6.11. The first-order valence-electron chi connectivity index (χ1n) is 10.5. The Labute approximate surface area is 202 Å². The zero-order chi connectivity index (χ0) is 23.4. The first kappa shape index (κ1) is 23.0. The monoisotopic (exact) mass is 483 g/mol. The lowest BCUT2D eigenvalue weighted by Gasteiger charge is -2.36. The van der Waals surface area contributed by atoms with Crippen LogP contribution in [0.1, 0.15) is 20.7 Å². The first-order chi connectivity index (χ1) is 15.9. The van der Waals surface area contributed by atoms with Gasteiger partial charge in [-0.3, -0.25) is 9.59 Å². The highest BCUT2D eigenvalue weighted by molar-refractivity contribution is 6.32. The SMILES string of the molecule is COc1ccc(C(=O)Nc2ccc(N3CCN(C(=O)c4ccc(Cl)cc4)CC3)cc2)cc1Cl. The molecule has 1 aliphatic rings. The topological polar surface area (TPSA) is 61.9 Å². The van der Waals surface area contributed by atoms with Crippen molar-refractivity contribution in [3.63, 3.8) is 0 Å². The Morgan fingerprint density at radius 3 is 2.09 bits per heavy atom. The Hall–Kier alpha value is -3.22.